The summed E-state index contributed by atoms with van der Waals surface area (Å²) >= 11 is 0. The Morgan fingerprint density at radius 3 is 2.45 bits per heavy atom. The zero-order valence-electron chi connectivity index (χ0n) is 16.9. The second kappa shape index (κ2) is 7.69. The molecule has 0 bridgehead atoms. The van der Waals surface area contributed by atoms with E-state index in [0.717, 1.165) is 17.5 Å². The number of benzene rings is 2. The number of nitrogens with zero attached hydrogens (tertiary/aromatic N) is 1. The second-order valence-corrected chi connectivity index (χ2v) is 8.46. The van der Waals surface area contributed by atoms with Gasteiger partial charge in [0.25, 0.3) is 0 Å². The third kappa shape index (κ3) is 4.71. The van der Waals surface area contributed by atoms with E-state index in [1.54, 1.807) is 0 Å². The van der Waals surface area contributed by atoms with Gasteiger partial charge < -0.3 is 9.47 Å². The number of fused-ring (bicyclic) bond motifs is 1. The van der Waals surface area contributed by atoms with E-state index in [9.17, 15) is 18.1 Å². The summed E-state index contributed by atoms with van der Waals surface area (Å²) in [7, 11) is 0. The fourth-order valence-corrected chi connectivity index (χ4v) is 3.64. The summed E-state index contributed by atoms with van der Waals surface area (Å²) < 4.78 is 49.2. The zero-order chi connectivity index (χ0) is 21.4. The van der Waals surface area contributed by atoms with Crippen LogP contribution in [0.5, 0.6) is 11.5 Å². The second-order valence-electron chi connectivity index (χ2n) is 8.46. The molecule has 1 aliphatic heterocycles. The fraction of sp³-hybridized carbons (Fsp3) is 0.455. The quantitative estimate of drug-likeness (QED) is 0.522. The highest BCUT2D eigenvalue weighted by Gasteiger charge is 2.36. The highest BCUT2D eigenvalue weighted by Crippen LogP contribution is 2.48. The van der Waals surface area contributed by atoms with Gasteiger partial charge in [0.15, 0.2) is 0 Å². The van der Waals surface area contributed by atoms with Crippen LogP contribution in [0.4, 0.5) is 13.2 Å². The van der Waals surface area contributed by atoms with Crippen molar-refractivity contribution < 1.29 is 22.6 Å². The Hall–Kier alpha value is -2.57. The number of alkyl halides is 3. The van der Waals surface area contributed by atoms with Crippen molar-refractivity contribution in [2.75, 3.05) is 6.61 Å². The summed E-state index contributed by atoms with van der Waals surface area (Å²) in [5, 5.41) is 2.85. The van der Waals surface area contributed by atoms with Crippen molar-refractivity contribution in [1.29, 1.82) is 0 Å². The van der Waals surface area contributed by atoms with E-state index in [1.165, 1.54) is 18.2 Å². The molecule has 7 heteroatoms. The van der Waals surface area contributed by atoms with Gasteiger partial charge in [-0.3, -0.25) is 0 Å². The first-order valence-corrected chi connectivity index (χ1v) is 9.48. The third-order valence-corrected chi connectivity index (χ3v) is 4.91. The fourth-order valence-electron chi connectivity index (χ4n) is 3.64. The van der Waals surface area contributed by atoms with Gasteiger partial charge >= 0.3 is 6.36 Å². The SMILES string of the molecule is CC(C)Cc1cc(-c2cc(CN=O)ccc2OC(F)(F)F)c2c(c1)C(C)(C)CO2. The van der Waals surface area contributed by atoms with Crippen LogP contribution in [-0.2, 0) is 18.4 Å². The van der Waals surface area contributed by atoms with Crippen molar-refractivity contribution in [2.24, 2.45) is 11.1 Å². The van der Waals surface area contributed by atoms with E-state index in [0.29, 0.717) is 29.4 Å². The lowest BCUT2D eigenvalue weighted by Crippen LogP contribution is -2.18. The number of rotatable bonds is 6. The molecule has 156 valence electrons. The molecular formula is C22H24F3NO3. The van der Waals surface area contributed by atoms with E-state index < -0.39 is 6.36 Å². The van der Waals surface area contributed by atoms with Crippen molar-refractivity contribution in [1.82, 2.24) is 0 Å². The van der Waals surface area contributed by atoms with Crippen LogP contribution >= 0.6 is 0 Å². The van der Waals surface area contributed by atoms with Gasteiger partial charge in [0.2, 0.25) is 0 Å². The summed E-state index contributed by atoms with van der Waals surface area (Å²) in [4.78, 5) is 10.7. The van der Waals surface area contributed by atoms with Gasteiger partial charge in [-0.05, 0) is 41.7 Å². The minimum absolute atomic E-state index is 0.139. The first-order valence-electron chi connectivity index (χ1n) is 9.48. The van der Waals surface area contributed by atoms with E-state index in [2.05, 4.69) is 29.8 Å². The molecule has 29 heavy (non-hydrogen) atoms. The molecule has 0 saturated carbocycles. The van der Waals surface area contributed by atoms with E-state index in [1.807, 2.05) is 19.9 Å². The predicted molar refractivity (Wildman–Crippen MR) is 105 cm³/mol. The molecule has 0 aromatic heterocycles. The molecule has 1 aliphatic rings. The van der Waals surface area contributed by atoms with Crippen LogP contribution in [0.1, 0.15) is 44.4 Å². The van der Waals surface area contributed by atoms with Gasteiger partial charge in [0.1, 0.15) is 18.0 Å². The topological polar surface area (TPSA) is 47.9 Å². The van der Waals surface area contributed by atoms with Gasteiger partial charge in [-0.1, -0.05) is 45.0 Å². The van der Waals surface area contributed by atoms with Crippen LogP contribution < -0.4 is 9.47 Å². The summed E-state index contributed by atoms with van der Waals surface area (Å²) in [5.74, 6) is 0.609. The normalized spacial score (nSPS) is 15.2. The predicted octanol–water partition coefficient (Wildman–Crippen LogP) is 6.39. The highest BCUT2D eigenvalue weighted by atomic mass is 19.4. The van der Waals surface area contributed by atoms with Crippen molar-refractivity contribution in [3.05, 3.63) is 51.9 Å². The van der Waals surface area contributed by atoms with Gasteiger partial charge in [-0.25, -0.2) is 0 Å². The van der Waals surface area contributed by atoms with Crippen LogP contribution in [-0.4, -0.2) is 13.0 Å². The summed E-state index contributed by atoms with van der Waals surface area (Å²) in [6, 6.07) is 8.09. The molecule has 0 amide bonds. The highest BCUT2D eigenvalue weighted by molar-refractivity contribution is 5.79. The molecule has 0 N–H and O–H groups in total. The number of ether oxygens (including phenoxy) is 2. The summed E-state index contributed by atoms with van der Waals surface area (Å²) in [5.41, 5.74) is 3.00. The van der Waals surface area contributed by atoms with Crippen LogP contribution in [0.25, 0.3) is 11.1 Å². The van der Waals surface area contributed by atoms with Crippen LogP contribution in [0.3, 0.4) is 0 Å². The van der Waals surface area contributed by atoms with Gasteiger partial charge in [0.05, 0.1) is 6.61 Å². The molecule has 0 aliphatic carbocycles. The molecule has 2 aromatic rings. The van der Waals surface area contributed by atoms with Gasteiger partial charge in [0, 0.05) is 22.1 Å². The summed E-state index contributed by atoms with van der Waals surface area (Å²) in [6.07, 6.45) is -4.06. The molecule has 0 radical (unpaired) electrons. The third-order valence-electron chi connectivity index (χ3n) is 4.91. The molecule has 0 fully saturated rings. The molecule has 0 saturated heterocycles. The Morgan fingerprint density at radius 2 is 1.83 bits per heavy atom. The maximum atomic E-state index is 13.0. The van der Waals surface area contributed by atoms with E-state index in [-0.39, 0.29) is 23.3 Å². The average Bonchev–Trinajstić information content (AvgIpc) is 2.89. The Bertz CT molecular complexity index is 920. The minimum atomic E-state index is -4.84. The van der Waals surface area contributed by atoms with Gasteiger partial charge in [-0.15, -0.1) is 13.2 Å². The molecule has 1 heterocycles. The lowest BCUT2D eigenvalue weighted by Gasteiger charge is -2.20. The zero-order valence-corrected chi connectivity index (χ0v) is 16.9. The lowest BCUT2D eigenvalue weighted by molar-refractivity contribution is -0.274. The van der Waals surface area contributed by atoms with Crippen molar-refractivity contribution in [2.45, 2.75) is 52.4 Å². The van der Waals surface area contributed by atoms with Crippen molar-refractivity contribution in [3.63, 3.8) is 0 Å². The molecule has 3 rings (SSSR count). The standard InChI is InChI=1S/C22H24F3NO3/c1-13(2)7-15-9-17(20-18(10-15)21(3,4)12-28-20)16-8-14(11-26-27)5-6-19(16)29-22(23,24)25/h5-6,8-10,13H,7,11-12H2,1-4H3. The Balaban J connectivity index is 2.24. The maximum absolute atomic E-state index is 13.0. The van der Waals surface area contributed by atoms with Crippen molar-refractivity contribution >= 4 is 0 Å². The molecule has 0 spiro atoms. The van der Waals surface area contributed by atoms with E-state index in [4.69, 9.17) is 4.74 Å². The van der Waals surface area contributed by atoms with E-state index >= 15 is 0 Å². The first kappa shape index (κ1) is 21.1. The molecule has 4 nitrogen and oxygen atoms in total. The average molecular weight is 407 g/mol. The molecule has 2 aromatic carbocycles. The molecule has 0 atom stereocenters. The number of nitroso groups, excluding NO2 is 1. The Kier molecular flexibility index (Phi) is 5.61. The first-order chi connectivity index (χ1) is 13.5. The number of halogens is 3. The largest absolute Gasteiger partial charge is 0.573 e. The van der Waals surface area contributed by atoms with Crippen LogP contribution in [0.2, 0.25) is 0 Å². The lowest BCUT2D eigenvalue weighted by atomic mass is 9.83. The smallest absolute Gasteiger partial charge is 0.492 e. The Morgan fingerprint density at radius 1 is 1.14 bits per heavy atom. The van der Waals surface area contributed by atoms with Crippen LogP contribution in [0, 0.1) is 10.8 Å². The maximum Gasteiger partial charge on any atom is 0.573 e. The number of hydrogen-bond donors (Lipinski definition) is 0. The van der Waals surface area contributed by atoms with Gasteiger partial charge in [-0.2, -0.15) is 4.91 Å². The van der Waals surface area contributed by atoms with Crippen molar-refractivity contribution in [3.8, 4) is 22.6 Å². The molecule has 0 unspecified atom stereocenters. The van der Waals surface area contributed by atoms with Crippen LogP contribution in [0.15, 0.2) is 35.5 Å². The number of hydrogen-bond acceptors (Lipinski definition) is 4. The monoisotopic (exact) mass is 407 g/mol. The summed E-state index contributed by atoms with van der Waals surface area (Å²) in [6.45, 7) is 8.56. The molecular weight excluding hydrogens is 383 g/mol. The minimum Gasteiger partial charge on any atom is -0.492 e. The Labute approximate surface area is 168 Å².